The summed E-state index contributed by atoms with van der Waals surface area (Å²) in [5, 5.41) is 6.57. The van der Waals surface area contributed by atoms with Crippen LogP contribution in [0.1, 0.15) is 24.5 Å². The fourth-order valence-corrected chi connectivity index (χ4v) is 2.35. The van der Waals surface area contributed by atoms with Gasteiger partial charge in [0.2, 0.25) is 5.13 Å². The van der Waals surface area contributed by atoms with Crippen LogP contribution in [-0.4, -0.2) is 24.9 Å². The van der Waals surface area contributed by atoms with E-state index in [1.54, 1.807) is 18.7 Å². The van der Waals surface area contributed by atoms with Gasteiger partial charge in [0.15, 0.2) is 0 Å². The first-order valence-corrected chi connectivity index (χ1v) is 7.85. The molecule has 1 heterocycles. The molecule has 1 aromatic carbocycles. The van der Waals surface area contributed by atoms with Gasteiger partial charge < -0.3 is 15.2 Å². The summed E-state index contributed by atoms with van der Waals surface area (Å²) in [5.74, 6) is 1.34. The van der Waals surface area contributed by atoms with E-state index >= 15 is 0 Å². The van der Waals surface area contributed by atoms with Crippen molar-refractivity contribution in [2.45, 2.75) is 20.0 Å². The number of nitrogens with one attached hydrogen (secondary N) is 1. The molecule has 6 nitrogen and oxygen atoms in total. The number of rotatable bonds is 8. The van der Waals surface area contributed by atoms with Gasteiger partial charge in [-0.15, -0.1) is 11.3 Å². The first kappa shape index (κ1) is 16.3. The van der Waals surface area contributed by atoms with Gasteiger partial charge in [0.1, 0.15) is 11.6 Å². The first-order valence-electron chi connectivity index (χ1n) is 6.97. The van der Waals surface area contributed by atoms with Crippen LogP contribution in [0, 0.1) is 0 Å². The number of ether oxygens (including phenoxy) is 2. The maximum absolute atomic E-state index is 5.71. The van der Waals surface area contributed by atoms with Gasteiger partial charge in [0.05, 0.1) is 19.4 Å². The summed E-state index contributed by atoms with van der Waals surface area (Å²) in [7, 11) is 1.67. The minimum Gasteiger partial charge on any atom is -0.493 e. The lowest BCUT2D eigenvalue weighted by molar-refractivity contribution is 0.179. The second-order valence-electron chi connectivity index (χ2n) is 4.60. The highest BCUT2D eigenvalue weighted by Crippen LogP contribution is 2.21. The Labute approximate surface area is 134 Å². The highest BCUT2D eigenvalue weighted by Gasteiger charge is 2.04. The number of benzene rings is 1. The Bertz CT molecular complexity index is 628. The van der Waals surface area contributed by atoms with Crippen molar-refractivity contribution in [2.24, 2.45) is 5.10 Å². The van der Waals surface area contributed by atoms with E-state index in [0.717, 1.165) is 23.3 Å². The van der Waals surface area contributed by atoms with Crippen molar-refractivity contribution >= 4 is 28.5 Å². The van der Waals surface area contributed by atoms with Crippen molar-refractivity contribution in [3.05, 3.63) is 34.7 Å². The van der Waals surface area contributed by atoms with Gasteiger partial charge in [0.25, 0.3) is 0 Å². The zero-order valence-electron chi connectivity index (χ0n) is 12.7. The van der Waals surface area contributed by atoms with E-state index in [9.17, 15) is 0 Å². The molecule has 2 rings (SSSR count). The van der Waals surface area contributed by atoms with E-state index < -0.39 is 0 Å². The Morgan fingerprint density at radius 3 is 3.00 bits per heavy atom. The average Bonchev–Trinajstić information content (AvgIpc) is 2.92. The van der Waals surface area contributed by atoms with Crippen molar-refractivity contribution in [1.82, 2.24) is 4.98 Å². The van der Waals surface area contributed by atoms with Crippen LogP contribution < -0.4 is 15.9 Å². The molecule has 118 valence electrons. The zero-order chi connectivity index (χ0) is 15.8. The fraction of sp³-hybridized carbons (Fsp3) is 0.333. The molecule has 0 saturated heterocycles. The number of nitrogens with two attached hydrogens (primary N) is 1. The topological polar surface area (TPSA) is 81.8 Å². The SMILES string of the molecule is CCCOc1ccc(C=NNc2nc(N)cs2)cc1COC. The quantitative estimate of drug-likeness (QED) is 0.577. The Kier molecular flexibility index (Phi) is 6.17. The number of anilines is 2. The van der Waals surface area contributed by atoms with E-state index in [0.29, 0.717) is 24.2 Å². The maximum atomic E-state index is 5.71. The molecule has 0 atom stereocenters. The molecule has 22 heavy (non-hydrogen) atoms. The number of methoxy groups -OCH3 is 1. The molecule has 0 bridgehead atoms. The third-order valence-corrected chi connectivity index (χ3v) is 3.51. The van der Waals surface area contributed by atoms with E-state index in [2.05, 4.69) is 22.4 Å². The maximum Gasteiger partial charge on any atom is 0.205 e. The van der Waals surface area contributed by atoms with Crippen LogP contribution in [-0.2, 0) is 11.3 Å². The van der Waals surface area contributed by atoms with E-state index in [1.807, 2.05) is 18.2 Å². The molecule has 0 aliphatic rings. The van der Waals surface area contributed by atoms with E-state index in [-0.39, 0.29) is 0 Å². The Hall–Kier alpha value is -2.12. The van der Waals surface area contributed by atoms with Crippen LogP contribution in [0.4, 0.5) is 10.9 Å². The predicted octanol–water partition coefficient (Wildman–Crippen LogP) is 3.11. The Morgan fingerprint density at radius 2 is 2.32 bits per heavy atom. The molecule has 1 aromatic heterocycles. The van der Waals surface area contributed by atoms with Crippen LogP contribution in [0.3, 0.4) is 0 Å². The van der Waals surface area contributed by atoms with Crippen molar-refractivity contribution in [3.8, 4) is 5.75 Å². The number of thiazole rings is 1. The molecule has 0 aliphatic heterocycles. The molecular formula is C15H20N4O2S. The number of hydrazone groups is 1. The summed E-state index contributed by atoms with van der Waals surface area (Å²) < 4.78 is 10.9. The standard InChI is InChI=1S/C15H20N4O2S/c1-3-6-21-13-5-4-11(7-12(13)9-20-2)8-17-19-15-18-14(16)10-22-15/h4-5,7-8,10H,3,6,9,16H2,1-2H3,(H,18,19). The van der Waals surface area contributed by atoms with E-state index in [1.165, 1.54) is 11.3 Å². The Morgan fingerprint density at radius 1 is 1.45 bits per heavy atom. The lowest BCUT2D eigenvalue weighted by Crippen LogP contribution is -2.01. The van der Waals surface area contributed by atoms with Gasteiger partial charge in [0, 0.05) is 18.1 Å². The number of nitrogen functional groups attached to an aromatic ring is 1. The van der Waals surface area contributed by atoms with E-state index in [4.69, 9.17) is 15.2 Å². The van der Waals surface area contributed by atoms with Gasteiger partial charge >= 0.3 is 0 Å². The normalized spacial score (nSPS) is 11.0. The van der Waals surface area contributed by atoms with Gasteiger partial charge in [-0.3, -0.25) is 5.43 Å². The summed E-state index contributed by atoms with van der Waals surface area (Å²) in [6.07, 6.45) is 2.69. The Balaban J connectivity index is 2.05. The predicted molar refractivity (Wildman–Crippen MR) is 90.7 cm³/mol. The monoisotopic (exact) mass is 320 g/mol. The molecule has 0 fully saturated rings. The fourth-order valence-electron chi connectivity index (χ4n) is 1.80. The molecule has 0 amide bonds. The van der Waals surface area contributed by atoms with Crippen molar-refractivity contribution in [1.29, 1.82) is 0 Å². The third kappa shape index (κ3) is 4.71. The molecule has 0 aliphatic carbocycles. The molecule has 0 spiro atoms. The van der Waals surface area contributed by atoms with Gasteiger partial charge in [-0.25, -0.2) is 4.98 Å². The summed E-state index contributed by atoms with van der Waals surface area (Å²) in [6.45, 7) is 3.27. The number of hydrogen-bond donors (Lipinski definition) is 2. The summed E-state index contributed by atoms with van der Waals surface area (Å²) in [4.78, 5) is 4.07. The zero-order valence-corrected chi connectivity index (χ0v) is 13.5. The highest BCUT2D eigenvalue weighted by atomic mass is 32.1. The largest absolute Gasteiger partial charge is 0.493 e. The summed E-state index contributed by atoms with van der Waals surface area (Å²) in [5.41, 5.74) is 10.3. The first-order chi connectivity index (χ1) is 10.7. The van der Waals surface area contributed by atoms with Crippen molar-refractivity contribution < 1.29 is 9.47 Å². The van der Waals surface area contributed by atoms with Crippen LogP contribution in [0.5, 0.6) is 5.75 Å². The van der Waals surface area contributed by atoms with Gasteiger partial charge in [-0.05, 0) is 30.2 Å². The minimum atomic E-state index is 0.488. The minimum absolute atomic E-state index is 0.488. The number of nitrogens with zero attached hydrogens (tertiary/aromatic N) is 2. The van der Waals surface area contributed by atoms with Crippen molar-refractivity contribution in [2.75, 3.05) is 24.9 Å². The average molecular weight is 320 g/mol. The lowest BCUT2D eigenvalue weighted by Gasteiger charge is -2.11. The van der Waals surface area contributed by atoms with Crippen molar-refractivity contribution in [3.63, 3.8) is 0 Å². The second kappa shape index (κ2) is 8.35. The molecule has 7 heteroatoms. The molecule has 3 N–H and O–H groups in total. The molecule has 2 aromatic rings. The van der Waals surface area contributed by atoms with Crippen LogP contribution in [0.2, 0.25) is 0 Å². The smallest absolute Gasteiger partial charge is 0.205 e. The van der Waals surface area contributed by atoms with Gasteiger partial charge in [-0.1, -0.05) is 6.92 Å². The van der Waals surface area contributed by atoms with Crippen LogP contribution in [0.25, 0.3) is 0 Å². The lowest BCUT2D eigenvalue weighted by atomic mass is 10.1. The number of hydrogen-bond acceptors (Lipinski definition) is 7. The van der Waals surface area contributed by atoms with Gasteiger partial charge in [-0.2, -0.15) is 5.10 Å². The van der Waals surface area contributed by atoms with Crippen LogP contribution in [0.15, 0.2) is 28.7 Å². The summed E-state index contributed by atoms with van der Waals surface area (Å²) >= 11 is 1.41. The molecule has 0 unspecified atom stereocenters. The molecule has 0 radical (unpaired) electrons. The molecular weight excluding hydrogens is 300 g/mol. The number of aromatic nitrogens is 1. The second-order valence-corrected chi connectivity index (χ2v) is 5.45. The highest BCUT2D eigenvalue weighted by molar-refractivity contribution is 7.14. The summed E-state index contributed by atoms with van der Waals surface area (Å²) in [6, 6.07) is 5.88. The van der Waals surface area contributed by atoms with Crippen LogP contribution >= 0.6 is 11.3 Å². The molecule has 0 saturated carbocycles. The third-order valence-electron chi connectivity index (χ3n) is 2.74.